The summed E-state index contributed by atoms with van der Waals surface area (Å²) in [6, 6.07) is 38.9. The normalized spacial score (nSPS) is 10.5. The average Bonchev–Trinajstić information content (AvgIpc) is 2.90. The number of hydrogen-bond donors (Lipinski definition) is 0. The van der Waals surface area contributed by atoms with E-state index in [0.29, 0.717) is 0 Å². The van der Waals surface area contributed by atoms with Crippen LogP contribution in [0.3, 0.4) is 0 Å². The van der Waals surface area contributed by atoms with Gasteiger partial charge in [0.25, 0.3) is 0 Å². The zero-order valence-corrected chi connectivity index (χ0v) is 20.1. The molecule has 0 saturated carbocycles. The largest absolute Gasteiger partial charge is 0.202 e. The molecule has 4 aromatic rings. The van der Waals surface area contributed by atoms with Crippen LogP contribution in [0.4, 0.5) is 0 Å². The Kier molecular flexibility index (Phi) is 8.99. The first-order valence-electron chi connectivity index (χ1n) is 12.2. The smallest absolute Gasteiger partial charge is 0.115 e. The molecule has 4 rings (SSSR count). The van der Waals surface area contributed by atoms with Crippen LogP contribution >= 0.6 is 0 Å². The van der Waals surface area contributed by atoms with Gasteiger partial charge in [0.05, 0.1) is 0 Å². The van der Waals surface area contributed by atoms with E-state index in [1.54, 1.807) is 6.08 Å². The fourth-order valence-electron chi connectivity index (χ4n) is 4.37. The van der Waals surface area contributed by atoms with Gasteiger partial charge in [-0.3, -0.25) is 0 Å². The summed E-state index contributed by atoms with van der Waals surface area (Å²) in [4.78, 5) is 0. The highest BCUT2D eigenvalue weighted by atomic mass is 14.0. The second-order valence-corrected chi connectivity index (χ2v) is 8.70. The van der Waals surface area contributed by atoms with Gasteiger partial charge in [-0.1, -0.05) is 160 Å². The summed E-state index contributed by atoms with van der Waals surface area (Å²) in [7, 11) is 3.71. The van der Waals surface area contributed by atoms with Gasteiger partial charge in [0.2, 0.25) is 7.28 Å². The molecule has 0 unspecified atom stereocenters. The zero-order valence-electron chi connectivity index (χ0n) is 20.1. The number of benzene rings is 3. The molecule has 0 spiro atoms. The van der Waals surface area contributed by atoms with Crippen molar-refractivity contribution in [1.29, 1.82) is 0 Å². The summed E-state index contributed by atoms with van der Waals surface area (Å²) < 4.78 is 0. The van der Waals surface area contributed by atoms with Crippen LogP contribution in [0.1, 0.15) is 0 Å². The third-order valence-corrected chi connectivity index (χ3v) is 6.11. The second kappa shape index (κ2) is 13.0. The number of hydrogen-bond acceptors (Lipinski definition) is 0. The van der Waals surface area contributed by atoms with Gasteiger partial charge < -0.3 is 0 Å². The van der Waals surface area contributed by atoms with Crippen LogP contribution in [0.15, 0.2) is 115 Å². The standard InChI is InChI=1S/C31H26B4/c1-2-3-4-5-15-22-32-28-23-30(34-26-18-11-7-12-19-26)31(35-27-20-13-8-14-21-27)24-29(28)33-25-16-9-6-10-17-25/h1,3-9,11-16,18-21,23-24,32-35H,22H2/b4-3-,15-5-. The Morgan fingerprint density at radius 1 is 0.714 bits per heavy atom. The Labute approximate surface area is 213 Å². The topological polar surface area (TPSA) is 0 Å². The minimum absolute atomic E-state index is 0.862. The number of rotatable bonds is 10. The van der Waals surface area contributed by atoms with E-state index in [0.717, 1.165) is 35.4 Å². The fraction of sp³-hybridized carbons (Fsp3) is 0.0323. The Morgan fingerprint density at radius 2 is 1.34 bits per heavy atom. The van der Waals surface area contributed by atoms with Crippen LogP contribution in [0.2, 0.25) is 6.32 Å². The number of allylic oxidation sites excluding steroid dienone is 4. The van der Waals surface area contributed by atoms with E-state index in [9.17, 15) is 0 Å². The minimum Gasteiger partial charge on any atom is -0.115 e. The minimum atomic E-state index is 0.862. The highest BCUT2D eigenvalue weighted by Crippen LogP contribution is 1.89. The molecule has 0 aliphatic carbocycles. The maximum atomic E-state index is 5.30. The summed E-state index contributed by atoms with van der Waals surface area (Å²) in [5, 5.41) is 0. The molecule has 0 aliphatic heterocycles. The first-order valence-corrected chi connectivity index (χ1v) is 12.2. The summed E-state index contributed by atoms with van der Waals surface area (Å²) in [6.07, 6.45) is 14.1. The Balaban J connectivity index is 1.71. The highest BCUT2D eigenvalue weighted by Gasteiger charge is 2.14. The fourth-order valence-corrected chi connectivity index (χ4v) is 4.37. The van der Waals surface area contributed by atoms with E-state index in [-0.39, 0.29) is 0 Å². The first kappa shape index (κ1) is 24.1. The van der Waals surface area contributed by atoms with Crippen molar-refractivity contribution in [3.05, 3.63) is 127 Å². The molecule has 0 amide bonds. The predicted octanol–water partition coefficient (Wildman–Crippen LogP) is -0.325. The highest BCUT2D eigenvalue weighted by molar-refractivity contribution is 6.81. The van der Waals surface area contributed by atoms with E-state index in [4.69, 9.17) is 6.42 Å². The first-order chi connectivity index (χ1) is 17.3. The van der Waals surface area contributed by atoms with Crippen LogP contribution in [0, 0.1) is 24.5 Å². The van der Waals surface area contributed by atoms with Gasteiger partial charge in [-0.25, -0.2) is 0 Å². The molecule has 4 aromatic carbocycles. The van der Waals surface area contributed by atoms with E-state index < -0.39 is 0 Å². The number of terminal acetylenes is 1. The van der Waals surface area contributed by atoms with Crippen molar-refractivity contribution in [2.45, 2.75) is 6.32 Å². The Hall–Kier alpha value is -4.00. The summed E-state index contributed by atoms with van der Waals surface area (Å²) in [5.74, 6) is 2.53. The molecule has 0 radical (unpaired) electrons. The van der Waals surface area contributed by atoms with Crippen molar-refractivity contribution in [3.63, 3.8) is 0 Å². The summed E-state index contributed by atoms with van der Waals surface area (Å²) in [5.41, 5.74) is 9.41. The van der Waals surface area contributed by atoms with E-state index in [1.807, 2.05) is 24.3 Å². The van der Waals surface area contributed by atoms with Crippen LogP contribution in [-0.4, -0.2) is 29.1 Å². The van der Waals surface area contributed by atoms with Gasteiger partial charge in [-0.2, -0.15) is 0 Å². The summed E-state index contributed by atoms with van der Waals surface area (Å²) >= 11 is 0. The molecule has 162 valence electrons. The molecular formula is C31H26B4. The molecule has 0 atom stereocenters. The lowest BCUT2D eigenvalue weighted by Crippen LogP contribution is -2.52. The van der Waals surface area contributed by atoms with Crippen molar-refractivity contribution in [2.75, 3.05) is 0 Å². The van der Waals surface area contributed by atoms with Crippen LogP contribution < -0.4 is 38.2 Å². The summed E-state index contributed by atoms with van der Waals surface area (Å²) in [6.45, 7) is 0. The van der Waals surface area contributed by atoms with Gasteiger partial charge in [0.1, 0.15) is 0 Å². The lowest BCUT2D eigenvalue weighted by molar-refractivity contribution is 1.68. The molecule has 0 heterocycles. The molecule has 35 heavy (non-hydrogen) atoms. The SMILES string of the molecule is C#C/C=C\C=C/CBc1cc(Bc2ccccc2)c(Bc2ccccc2)cc1Bc1c#cccc1. The Bertz CT molecular complexity index is 1300. The van der Waals surface area contributed by atoms with E-state index in [2.05, 4.69) is 103 Å². The Morgan fingerprint density at radius 3 is 1.94 bits per heavy atom. The van der Waals surface area contributed by atoms with Gasteiger partial charge in [-0.05, 0) is 17.6 Å². The van der Waals surface area contributed by atoms with Gasteiger partial charge in [0, 0.05) is 0 Å². The van der Waals surface area contributed by atoms with Crippen molar-refractivity contribution in [3.8, 4) is 12.3 Å². The monoisotopic (exact) mass is 442 g/mol. The van der Waals surface area contributed by atoms with Crippen molar-refractivity contribution >= 4 is 67.4 Å². The molecule has 0 saturated heterocycles. The van der Waals surface area contributed by atoms with Crippen molar-refractivity contribution in [2.24, 2.45) is 0 Å². The van der Waals surface area contributed by atoms with Gasteiger partial charge in [0.15, 0.2) is 21.8 Å². The van der Waals surface area contributed by atoms with E-state index >= 15 is 0 Å². The maximum Gasteiger partial charge on any atom is 0.202 e. The second-order valence-electron chi connectivity index (χ2n) is 8.70. The molecule has 0 aliphatic rings. The van der Waals surface area contributed by atoms with Gasteiger partial charge >= 0.3 is 0 Å². The molecule has 0 nitrogen and oxygen atoms in total. The molecule has 0 bridgehead atoms. The van der Waals surface area contributed by atoms with E-state index in [1.165, 1.54) is 38.2 Å². The predicted molar refractivity (Wildman–Crippen MR) is 161 cm³/mol. The van der Waals surface area contributed by atoms with Gasteiger partial charge in [-0.15, -0.1) is 6.42 Å². The molecule has 0 fully saturated rings. The average molecular weight is 442 g/mol. The van der Waals surface area contributed by atoms with Crippen LogP contribution in [-0.2, 0) is 0 Å². The maximum absolute atomic E-state index is 5.30. The van der Waals surface area contributed by atoms with Crippen LogP contribution in [0.25, 0.3) is 0 Å². The van der Waals surface area contributed by atoms with Crippen molar-refractivity contribution in [1.82, 2.24) is 0 Å². The third-order valence-electron chi connectivity index (χ3n) is 6.11. The molecule has 4 heteroatoms. The quantitative estimate of drug-likeness (QED) is 0.180. The molecule has 0 aromatic heterocycles. The van der Waals surface area contributed by atoms with Crippen molar-refractivity contribution < 1.29 is 0 Å². The van der Waals surface area contributed by atoms with Crippen LogP contribution in [0.5, 0.6) is 0 Å². The molecular weight excluding hydrogens is 416 g/mol. The third kappa shape index (κ3) is 7.50. The lowest BCUT2D eigenvalue weighted by atomic mass is 9.47. The molecule has 0 N–H and O–H groups in total. The lowest BCUT2D eigenvalue weighted by Gasteiger charge is -2.16. The zero-order chi connectivity index (χ0) is 24.1.